The molecule has 5 nitrogen and oxygen atoms in total. The Bertz CT molecular complexity index is 1120. The number of aromatic amines is 1. The normalized spacial score (nSPS) is 11.2. The first kappa shape index (κ1) is 13.5. The Balaban J connectivity index is 2.26. The highest BCUT2D eigenvalue weighted by atomic mass is 16.2. The minimum atomic E-state index is -0.640. The molecule has 0 unspecified atom stereocenters. The molecule has 0 fully saturated rings. The molecule has 0 saturated heterocycles. The summed E-state index contributed by atoms with van der Waals surface area (Å²) in [6.07, 6.45) is 0. The van der Waals surface area contributed by atoms with Gasteiger partial charge in [-0.05, 0) is 42.1 Å². The van der Waals surface area contributed by atoms with E-state index in [1.165, 1.54) is 0 Å². The summed E-state index contributed by atoms with van der Waals surface area (Å²) in [4.78, 5) is 30.2. The summed E-state index contributed by atoms with van der Waals surface area (Å²) in [5.74, 6) is 0.364. The molecule has 2 aliphatic rings. The second-order valence-electron chi connectivity index (χ2n) is 5.49. The van der Waals surface area contributed by atoms with E-state index < -0.39 is 11.2 Å². The van der Waals surface area contributed by atoms with E-state index in [9.17, 15) is 9.59 Å². The van der Waals surface area contributed by atoms with Crippen LogP contribution in [0, 0.1) is 6.92 Å². The number of fused-ring (bicyclic) bond motifs is 2. The molecule has 23 heavy (non-hydrogen) atoms. The lowest BCUT2D eigenvalue weighted by atomic mass is 10.1. The first-order valence-corrected chi connectivity index (χ1v) is 7.25. The van der Waals surface area contributed by atoms with Crippen LogP contribution in [0.25, 0.3) is 28.0 Å². The fourth-order valence-electron chi connectivity index (χ4n) is 2.86. The van der Waals surface area contributed by atoms with E-state index in [0.29, 0.717) is 11.4 Å². The fourth-order valence-corrected chi connectivity index (χ4v) is 2.86. The summed E-state index contributed by atoms with van der Waals surface area (Å²) >= 11 is 0. The average Bonchev–Trinajstić information content (AvgIpc) is 2.53. The number of aromatic nitrogens is 3. The van der Waals surface area contributed by atoms with Gasteiger partial charge in [0.2, 0.25) is 0 Å². The van der Waals surface area contributed by atoms with Crippen LogP contribution < -0.4 is 11.2 Å². The zero-order chi connectivity index (χ0) is 16.0. The van der Waals surface area contributed by atoms with Crippen LogP contribution in [0.2, 0.25) is 0 Å². The fraction of sp³-hybridized carbons (Fsp3) is 0.0556. The summed E-state index contributed by atoms with van der Waals surface area (Å²) in [5.41, 5.74) is 2.17. The largest absolute Gasteiger partial charge is 0.349 e. The standard InChI is InChI=1S/C18H13N3O2/c1-11-5-4-7-13(9-11)21-15-8-3-2-6-12(15)10-14-16(21)19-18(23)20-17(14)22/h2-10H,1H3,(H,20,22,23). The Hall–Kier alpha value is -3.21. The molecule has 2 aromatic carbocycles. The van der Waals surface area contributed by atoms with Crippen molar-refractivity contribution < 1.29 is 0 Å². The molecule has 0 saturated carbocycles. The molecule has 0 atom stereocenters. The molecule has 2 aliphatic heterocycles. The number of H-pyrrole nitrogens is 1. The van der Waals surface area contributed by atoms with Gasteiger partial charge in [0.25, 0.3) is 5.56 Å². The minimum Gasteiger partial charge on any atom is -0.294 e. The number of para-hydroxylation sites is 1. The number of nitrogens with zero attached hydrogens (tertiary/aromatic N) is 2. The predicted octanol–water partition coefficient (Wildman–Crippen LogP) is 2.49. The number of nitrogens with one attached hydrogen (secondary N) is 1. The third kappa shape index (κ3) is 2.14. The highest BCUT2D eigenvalue weighted by molar-refractivity contribution is 5.87. The smallest absolute Gasteiger partial charge is 0.294 e. The molecule has 112 valence electrons. The van der Waals surface area contributed by atoms with Crippen LogP contribution in [0.1, 0.15) is 5.56 Å². The summed E-state index contributed by atoms with van der Waals surface area (Å²) in [7, 11) is 0. The number of aryl methyl sites for hydroxylation is 1. The maximum absolute atomic E-state index is 12.2. The van der Waals surface area contributed by atoms with E-state index in [-0.39, 0.29) is 0 Å². The molecule has 2 aromatic rings. The molecule has 4 rings (SSSR count). The van der Waals surface area contributed by atoms with Crippen LogP contribution in [0.5, 0.6) is 0 Å². The summed E-state index contributed by atoms with van der Waals surface area (Å²) in [6.45, 7) is 2.00. The van der Waals surface area contributed by atoms with Gasteiger partial charge in [-0.1, -0.05) is 30.3 Å². The van der Waals surface area contributed by atoms with Crippen molar-refractivity contribution in [3.05, 3.63) is 81.0 Å². The molecule has 0 amide bonds. The quantitative estimate of drug-likeness (QED) is 0.549. The topological polar surface area (TPSA) is 67.8 Å². The van der Waals surface area contributed by atoms with Gasteiger partial charge in [-0.2, -0.15) is 4.98 Å². The van der Waals surface area contributed by atoms with Gasteiger partial charge in [-0.15, -0.1) is 0 Å². The van der Waals surface area contributed by atoms with Crippen molar-refractivity contribution in [2.75, 3.05) is 0 Å². The molecular weight excluding hydrogens is 290 g/mol. The maximum atomic E-state index is 12.2. The van der Waals surface area contributed by atoms with E-state index in [1.54, 1.807) is 6.07 Å². The number of hydrogen-bond donors (Lipinski definition) is 1. The Morgan fingerprint density at radius 1 is 1.00 bits per heavy atom. The Morgan fingerprint density at radius 2 is 1.83 bits per heavy atom. The number of pyridine rings is 1. The van der Waals surface area contributed by atoms with Crippen molar-refractivity contribution in [3.8, 4) is 17.1 Å². The van der Waals surface area contributed by atoms with E-state index in [1.807, 2.05) is 60.0 Å². The van der Waals surface area contributed by atoms with Crippen molar-refractivity contribution in [1.82, 2.24) is 14.5 Å². The SMILES string of the molecule is Cc1cccc(-n2c3nc(=O)[nH]c(=O)c-3cc3ccccc32)c1. The molecule has 0 aliphatic carbocycles. The maximum Gasteiger partial charge on any atom is 0.349 e. The molecule has 2 heterocycles. The van der Waals surface area contributed by atoms with Crippen molar-refractivity contribution in [1.29, 1.82) is 0 Å². The Kier molecular flexibility index (Phi) is 2.87. The second-order valence-corrected chi connectivity index (χ2v) is 5.49. The number of rotatable bonds is 1. The van der Waals surface area contributed by atoms with Crippen LogP contribution in [-0.4, -0.2) is 14.5 Å². The van der Waals surface area contributed by atoms with Gasteiger partial charge in [0.05, 0.1) is 11.1 Å². The Morgan fingerprint density at radius 3 is 2.65 bits per heavy atom. The monoisotopic (exact) mass is 303 g/mol. The molecule has 0 spiro atoms. The van der Waals surface area contributed by atoms with Gasteiger partial charge in [-0.3, -0.25) is 14.3 Å². The first-order valence-electron chi connectivity index (χ1n) is 7.25. The zero-order valence-electron chi connectivity index (χ0n) is 12.4. The van der Waals surface area contributed by atoms with Gasteiger partial charge in [0.15, 0.2) is 5.82 Å². The molecular formula is C18H13N3O2. The van der Waals surface area contributed by atoms with Crippen LogP contribution in [0.3, 0.4) is 0 Å². The van der Waals surface area contributed by atoms with E-state index in [4.69, 9.17) is 0 Å². The third-order valence-corrected chi connectivity index (χ3v) is 3.86. The van der Waals surface area contributed by atoms with Crippen LogP contribution >= 0.6 is 0 Å². The molecule has 0 aromatic heterocycles. The van der Waals surface area contributed by atoms with Crippen LogP contribution in [0.15, 0.2) is 64.2 Å². The average molecular weight is 303 g/mol. The van der Waals surface area contributed by atoms with Gasteiger partial charge in [0, 0.05) is 5.69 Å². The highest BCUT2D eigenvalue weighted by Gasteiger charge is 2.17. The van der Waals surface area contributed by atoms with Gasteiger partial charge in [-0.25, -0.2) is 4.79 Å². The van der Waals surface area contributed by atoms with Crippen molar-refractivity contribution in [2.45, 2.75) is 6.92 Å². The van der Waals surface area contributed by atoms with Gasteiger partial charge in [0.1, 0.15) is 0 Å². The van der Waals surface area contributed by atoms with Crippen molar-refractivity contribution in [3.63, 3.8) is 0 Å². The van der Waals surface area contributed by atoms with Crippen LogP contribution in [0.4, 0.5) is 0 Å². The van der Waals surface area contributed by atoms with E-state index >= 15 is 0 Å². The third-order valence-electron chi connectivity index (χ3n) is 3.86. The lowest BCUT2D eigenvalue weighted by Crippen LogP contribution is -2.27. The lowest BCUT2D eigenvalue weighted by Gasteiger charge is -2.17. The molecule has 5 heteroatoms. The lowest BCUT2D eigenvalue weighted by molar-refractivity contribution is 0.959. The summed E-state index contributed by atoms with van der Waals surface area (Å²) in [5, 5.41) is 0.910. The van der Waals surface area contributed by atoms with Gasteiger partial charge >= 0.3 is 5.69 Å². The summed E-state index contributed by atoms with van der Waals surface area (Å²) < 4.78 is 1.86. The molecule has 0 radical (unpaired) electrons. The van der Waals surface area contributed by atoms with Crippen molar-refractivity contribution in [2.24, 2.45) is 0 Å². The zero-order valence-corrected chi connectivity index (χ0v) is 12.4. The van der Waals surface area contributed by atoms with Gasteiger partial charge < -0.3 is 0 Å². The molecule has 0 bridgehead atoms. The Labute approximate surface area is 131 Å². The second kappa shape index (κ2) is 4.91. The van der Waals surface area contributed by atoms with Crippen molar-refractivity contribution >= 4 is 10.9 Å². The minimum absolute atomic E-state index is 0.364. The highest BCUT2D eigenvalue weighted by Crippen LogP contribution is 2.27. The van der Waals surface area contributed by atoms with E-state index in [2.05, 4.69) is 9.97 Å². The summed E-state index contributed by atoms with van der Waals surface area (Å²) in [6, 6.07) is 17.4. The predicted molar refractivity (Wildman–Crippen MR) is 89.3 cm³/mol. The number of hydrogen-bond acceptors (Lipinski definition) is 3. The first-order chi connectivity index (χ1) is 11.1. The molecule has 1 N–H and O–H groups in total. The van der Waals surface area contributed by atoms with Crippen LogP contribution in [-0.2, 0) is 0 Å². The van der Waals surface area contributed by atoms with E-state index in [0.717, 1.165) is 22.2 Å². The number of benzene rings is 2.